The Morgan fingerprint density at radius 3 is 2.71 bits per heavy atom. The molecule has 2 aliphatic heterocycles. The van der Waals surface area contributed by atoms with Gasteiger partial charge >= 0.3 is 12.2 Å². The van der Waals surface area contributed by atoms with Gasteiger partial charge in [0.25, 0.3) is 0 Å². The predicted octanol–water partition coefficient (Wildman–Crippen LogP) is 5.20. The average molecular weight is 487 g/mol. The van der Waals surface area contributed by atoms with E-state index in [1.165, 1.54) is 6.07 Å². The lowest BCUT2D eigenvalue weighted by atomic mass is 9.73. The topological polar surface area (TPSA) is 68.6 Å². The van der Waals surface area contributed by atoms with Crippen molar-refractivity contribution >= 4 is 17.4 Å². The number of nitrogens with one attached hydrogen (secondary N) is 1. The number of aryl methyl sites for hydroxylation is 1. The number of piperidine rings is 1. The maximum Gasteiger partial charge on any atom is 0.417 e. The molecule has 2 aromatic carbocycles. The number of halogens is 3. The summed E-state index contributed by atoms with van der Waals surface area (Å²) in [6.07, 6.45) is -3.92. The highest BCUT2D eigenvalue weighted by atomic mass is 19.4. The van der Waals surface area contributed by atoms with E-state index in [1.54, 1.807) is 24.1 Å². The molecule has 6 nitrogen and oxygen atoms in total. The van der Waals surface area contributed by atoms with Crippen LogP contribution in [0.15, 0.2) is 36.4 Å². The molecule has 35 heavy (non-hydrogen) atoms. The van der Waals surface area contributed by atoms with Crippen molar-refractivity contribution in [3.8, 4) is 6.07 Å². The summed E-state index contributed by atoms with van der Waals surface area (Å²) in [5.74, 6) is 0.0329. The first kappa shape index (κ1) is 24.9. The van der Waals surface area contributed by atoms with Gasteiger partial charge < -0.3 is 19.9 Å². The van der Waals surface area contributed by atoms with Crippen molar-refractivity contribution in [1.82, 2.24) is 4.90 Å². The molecule has 2 saturated heterocycles. The lowest BCUT2D eigenvalue weighted by Crippen LogP contribution is -2.49. The molecule has 0 spiro atoms. The molecule has 2 fully saturated rings. The minimum absolute atomic E-state index is 0.0329. The summed E-state index contributed by atoms with van der Waals surface area (Å²) in [6, 6.07) is 11.1. The molecular weight excluding hydrogens is 457 g/mol. The molecule has 0 bridgehead atoms. The zero-order valence-corrected chi connectivity index (χ0v) is 20.1. The van der Waals surface area contributed by atoms with Crippen LogP contribution in [-0.4, -0.2) is 50.8 Å². The average Bonchev–Trinajstić information content (AvgIpc) is 3.20. The van der Waals surface area contributed by atoms with Gasteiger partial charge in [-0.2, -0.15) is 18.4 Å². The Labute approximate surface area is 203 Å². The molecule has 4 rings (SSSR count). The molecule has 0 saturated carbocycles. The van der Waals surface area contributed by atoms with Crippen LogP contribution >= 0.6 is 0 Å². The second-order valence-electron chi connectivity index (χ2n) is 9.59. The number of ether oxygens (including phenoxy) is 1. The number of urea groups is 1. The van der Waals surface area contributed by atoms with E-state index in [0.717, 1.165) is 22.9 Å². The molecule has 9 heteroatoms. The molecule has 2 aliphatic rings. The van der Waals surface area contributed by atoms with E-state index in [2.05, 4.69) is 5.32 Å². The van der Waals surface area contributed by atoms with Crippen LogP contribution in [0.25, 0.3) is 0 Å². The number of nitrogens with zero attached hydrogens (tertiary/aromatic N) is 3. The summed E-state index contributed by atoms with van der Waals surface area (Å²) >= 11 is 0. The van der Waals surface area contributed by atoms with E-state index in [4.69, 9.17) is 10.00 Å². The molecule has 0 aromatic heterocycles. The molecule has 2 amide bonds. The van der Waals surface area contributed by atoms with Gasteiger partial charge in [0.1, 0.15) is 0 Å². The Kier molecular flexibility index (Phi) is 6.69. The monoisotopic (exact) mass is 486 g/mol. The van der Waals surface area contributed by atoms with Crippen LogP contribution < -0.4 is 10.2 Å². The number of carbonyl (C=O) groups is 1. The van der Waals surface area contributed by atoms with Crippen LogP contribution in [0.2, 0.25) is 0 Å². The molecule has 0 unspecified atom stereocenters. The number of benzene rings is 2. The van der Waals surface area contributed by atoms with Crippen LogP contribution in [0.3, 0.4) is 0 Å². The molecule has 0 radical (unpaired) electrons. The Morgan fingerprint density at radius 2 is 2.03 bits per heavy atom. The Bertz CT molecular complexity index is 1160. The molecular formula is C26H29F3N4O2. The van der Waals surface area contributed by atoms with Gasteiger partial charge in [-0.25, -0.2) is 4.79 Å². The fourth-order valence-electron chi connectivity index (χ4n) is 5.34. The largest absolute Gasteiger partial charge is 0.417 e. The number of carbonyl (C=O) groups excluding carboxylic acids is 1. The zero-order valence-electron chi connectivity index (χ0n) is 20.1. The van der Waals surface area contributed by atoms with Crippen LogP contribution in [0.1, 0.15) is 28.7 Å². The van der Waals surface area contributed by atoms with Gasteiger partial charge in [0.2, 0.25) is 0 Å². The molecule has 1 N–H and O–H groups in total. The third-order valence-electron chi connectivity index (χ3n) is 7.49. The number of alkyl halides is 3. The molecule has 2 aromatic rings. The minimum atomic E-state index is -4.60. The van der Waals surface area contributed by atoms with Gasteiger partial charge in [0, 0.05) is 56.0 Å². The summed E-state index contributed by atoms with van der Waals surface area (Å²) in [6.45, 7) is 6.47. The number of nitriles is 1. The molecule has 2 heterocycles. The zero-order chi connectivity index (χ0) is 25.4. The van der Waals surface area contributed by atoms with Crippen molar-refractivity contribution in [2.45, 2.75) is 26.4 Å². The maximum absolute atomic E-state index is 13.5. The Balaban J connectivity index is 1.54. The second-order valence-corrected chi connectivity index (χ2v) is 9.59. The number of rotatable bonds is 4. The first-order chi connectivity index (χ1) is 16.6. The molecule has 0 aliphatic carbocycles. The van der Waals surface area contributed by atoms with E-state index < -0.39 is 11.7 Å². The van der Waals surface area contributed by atoms with Gasteiger partial charge in [-0.1, -0.05) is 12.1 Å². The van der Waals surface area contributed by atoms with Crippen molar-refractivity contribution in [2.75, 3.05) is 50.1 Å². The van der Waals surface area contributed by atoms with Crippen molar-refractivity contribution in [3.63, 3.8) is 0 Å². The van der Waals surface area contributed by atoms with Crippen molar-refractivity contribution < 1.29 is 22.7 Å². The Morgan fingerprint density at radius 1 is 1.26 bits per heavy atom. The summed E-state index contributed by atoms with van der Waals surface area (Å²) in [5, 5.41) is 12.1. The number of amides is 2. The second kappa shape index (κ2) is 9.42. The normalized spacial score (nSPS) is 22.0. The number of anilines is 2. The summed E-state index contributed by atoms with van der Waals surface area (Å²) < 4.78 is 46.0. The molecule has 186 valence electrons. The van der Waals surface area contributed by atoms with Crippen molar-refractivity contribution in [2.24, 2.45) is 11.3 Å². The summed E-state index contributed by atoms with van der Waals surface area (Å²) in [7, 11) is 1.63. The van der Waals surface area contributed by atoms with Crippen molar-refractivity contribution in [3.05, 3.63) is 58.7 Å². The lowest BCUT2D eigenvalue weighted by molar-refractivity contribution is -0.137. The van der Waals surface area contributed by atoms with E-state index in [1.807, 2.05) is 36.9 Å². The van der Waals surface area contributed by atoms with Gasteiger partial charge in [-0.3, -0.25) is 0 Å². The minimum Gasteiger partial charge on any atom is -0.384 e. The lowest BCUT2D eigenvalue weighted by Gasteiger charge is -2.44. The van der Waals surface area contributed by atoms with Crippen LogP contribution in [0, 0.1) is 36.5 Å². The van der Waals surface area contributed by atoms with Gasteiger partial charge in [-0.05, 0) is 55.7 Å². The first-order valence-corrected chi connectivity index (χ1v) is 11.6. The Hall–Kier alpha value is -3.25. The van der Waals surface area contributed by atoms with Crippen LogP contribution in [0.5, 0.6) is 0 Å². The highest BCUT2D eigenvalue weighted by Crippen LogP contribution is 2.45. The number of likely N-dealkylation sites (tertiary alicyclic amines) is 1. The third-order valence-corrected chi connectivity index (χ3v) is 7.49. The number of hydrogen-bond donors (Lipinski definition) is 1. The fourth-order valence-corrected chi connectivity index (χ4v) is 5.34. The van der Waals surface area contributed by atoms with E-state index in [-0.39, 0.29) is 22.9 Å². The van der Waals surface area contributed by atoms with Crippen LogP contribution in [-0.2, 0) is 10.9 Å². The smallest absolute Gasteiger partial charge is 0.384 e. The van der Waals surface area contributed by atoms with E-state index >= 15 is 0 Å². The van der Waals surface area contributed by atoms with Gasteiger partial charge in [-0.15, -0.1) is 0 Å². The molecule has 2 atom stereocenters. The maximum atomic E-state index is 13.5. The predicted molar refractivity (Wildman–Crippen MR) is 127 cm³/mol. The number of methoxy groups -OCH3 is 1. The summed E-state index contributed by atoms with van der Waals surface area (Å²) in [5.41, 5.74) is 1.73. The highest BCUT2D eigenvalue weighted by Gasteiger charge is 2.51. The summed E-state index contributed by atoms with van der Waals surface area (Å²) in [4.78, 5) is 16.9. The fraction of sp³-hybridized carbons (Fsp3) is 0.462. The van der Waals surface area contributed by atoms with Crippen molar-refractivity contribution in [1.29, 1.82) is 5.26 Å². The SMILES string of the molecule is COC[C@@]12CCN(c3ccc(C#N)c(C(F)(F)F)c3)C[C@@H]1CN(C(=O)Nc1cccc(C)c1C)C2. The standard InChI is InChI=1S/C26H29F3N4O2/c1-17-5-4-6-23(18(17)2)31-24(34)33-14-20-13-32(10-9-25(20,15-33)16-35-3)21-8-7-19(12-30)22(11-21)26(27,28)29/h4-8,11,20H,9-10,13-16H2,1-3H3,(H,31,34)/t20-,25+/m1/s1. The number of fused-ring (bicyclic) bond motifs is 1. The first-order valence-electron chi connectivity index (χ1n) is 11.6. The van der Waals surface area contributed by atoms with Gasteiger partial charge in [0.05, 0.1) is 23.8 Å². The highest BCUT2D eigenvalue weighted by molar-refractivity contribution is 5.90. The number of hydrogen-bond acceptors (Lipinski definition) is 4. The quantitative estimate of drug-likeness (QED) is 0.645. The van der Waals surface area contributed by atoms with Gasteiger partial charge in [0.15, 0.2) is 0 Å². The third kappa shape index (κ3) is 4.80. The van der Waals surface area contributed by atoms with Crippen LogP contribution in [0.4, 0.5) is 29.3 Å². The van der Waals surface area contributed by atoms with E-state index in [0.29, 0.717) is 44.9 Å². The van der Waals surface area contributed by atoms with E-state index in [9.17, 15) is 18.0 Å².